The number of rotatable bonds is 7. The maximum Gasteiger partial charge on any atom is 0.350 e. The normalized spacial score (nSPS) is 8.19. The lowest BCUT2D eigenvalue weighted by Gasteiger charge is -2.06. The van der Waals surface area contributed by atoms with Crippen molar-refractivity contribution in [3.05, 3.63) is 60.2 Å². The minimum absolute atomic E-state index is 0. The van der Waals surface area contributed by atoms with Gasteiger partial charge in [0.2, 0.25) is 0 Å². The zero-order chi connectivity index (χ0) is 14.9. The summed E-state index contributed by atoms with van der Waals surface area (Å²) in [5.74, 6) is 0.416. The van der Waals surface area contributed by atoms with E-state index >= 15 is 0 Å². The summed E-state index contributed by atoms with van der Waals surface area (Å²) in [6.45, 7) is 2.82. The summed E-state index contributed by atoms with van der Waals surface area (Å²) in [4.78, 5) is 12.8. The summed E-state index contributed by atoms with van der Waals surface area (Å²) in [5.41, 5.74) is 0.515. The zero-order valence-corrected chi connectivity index (χ0v) is 14.8. The minimum Gasteiger partial charge on any atom is -0.494 e. The Morgan fingerprint density at radius 1 is 0.885 bits per heavy atom. The lowest BCUT2D eigenvalue weighted by atomic mass is 10.2. The van der Waals surface area contributed by atoms with E-state index in [-0.39, 0.29) is 29.5 Å². The molecule has 0 aliphatic carbocycles. The molecule has 2 aromatic rings. The van der Waals surface area contributed by atoms with Crippen LogP contribution in [0.2, 0.25) is 0 Å². The van der Waals surface area contributed by atoms with E-state index in [1.807, 2.05) is 30.3 Å². The van der Waals surface area contributed by atoms with E-state index in [0.29, 0.717) is 12.2 Å². The van der Waals surface area contributed by atoms with Crippen LogP contribution in [0.1, 0.15) is 30.1 Å². The number of hydrogen-bond acceptors (Lipinski definition) is 4. The number of hydrogen-bond donors (Lipinski definition) is 0. The highest BCUT2D eigenvalue weighted by molar-refractivity contribution is 7.95. The SMILES string of the molecule is CCCCOc1ccc(C(=O)OSc2ccccc2)cc1.F.F.F.F.F. The van der Waals surface area contributed by atoms with Crippen LogP contribution in [0.3, 0.4) is 0 Å². The second-order valence-corrected chi connectivity index (χ2v) is 5.30. The average molecular weight is 402 g/mol. The average Bonchev–Trinajstić information content (AvgIpc) is 2.54. The fourth-order valence-corrected chi connectivity index (χ4v) is 2.17. The van der Waals surface area contributed by atoms with Crippen LogP contribution in [0, 0.1) is 0 Å². The molecule has 0 N–H and O–H groups in total. The van der Waals surface area contributed by atoms with Crippen molar-refractivity contribution in [1.82, 2.24) is 0 Å². The fourth-order valence-electron chi connectivity index (χ4n) is 1.63. The van der Waals surface area contributed by atoms with Gasteiger partial charge in [0.05, 0.1) is 24.2 Å². The molecule has 26 heavy (non-hydrogen) atoms. The summed E-state index contributed by atoms with van der Waals surface area (Å²) in [6, 6.07) is 16.5. The van der Waals surface area contributed by atoms with Crippen molar-refractivity contribution in [1.29, 1.82) is 0 Å². The molecule has 2 rings (SSSR count). The Labute approximate surface area is 153 Å². The van der Waals surface area contributed by atoms with Gasteiger partial charge in [-0.1, -0.05) is 31.5 Å². The van der Waals surface area contributed by atoms with E-state index in [0.717, 1.165) is 35.5 Å². The van der Waals surface area contributed by atoms with E-state index in [2.05, 4.69) is 6.92 Å². The standard InChI is InChI=1S/C17H18O3S.5FH/c1-2-3-13-19-15-11-9-14(10-12-15)17(18)20-21-16-7-5-4-6-8-16;;;;;/h4-12H,2-3,13H2,1H3;5*1H. The van der Waals surface area contributed by atoms with Crippen LogP contribution >= 0.6 is 12.0 Å². The van der Waals surface area contributed by atoms with Gasteiger partial charge in [-0.2, -0.15) is 0 Å². The van der Waals surface area contributed by atoms with Crippen molar-refractivity contribution in [2.75, 3.05) is 6.61 Å². The highest BCUT2D eigenvalue weighted by Gasteiger charge is 2.08. The Balaban J connectivity index is -0.000000484. The molecule has 0 fully saturated rings. The lowest BCUT2D eigenvalue weighted by molar-refractivity contribution is 0.0768. The molecule has 0 saturated carbocycles. The third-order valence-electron chi connectivity index (χ3n) is 2.81. The molecule has 0 aliphatic rings. The van der Waals surface area contributed by atoms with Gasteiger partial charge in [0.25, 0.3) is 0 Å². The summed E-state index contributed by atoms with van der Waals surface area (Å²) >= 11 is 1.06. The molecule has 2 aromatic carbocycles. The predicted octanol–water partition coefficient (Wildman–Crippen LogP) is 5.49. The Morgan fingerprint density at radius 3 is 2.00 bits per heavy atom. The highest BCUT2D eigenvalue weighted by atomic mass is 32.2. The van der Waals surface area contributed by atoms with Gasteiger partial charge in [0.15, 0.2) is 0 Å². The second-order valence-electron chi connectivity index (χ2n) is 4.49. The quantitative estimate of drug-likeness (QED) is 0.348. The van der Waals surface area contributed by atoms with E-state index < -0.39 is 0 Å². The van der Waals surface area contributed by atoms with Gasteiger partial charge in [0.1, 0.15) is 5.75 Å². The topological polar surface area (TPSA) is 35.5 Å². The molecule has 0 aromatic heterocycles. The zero-order valence-electron chi connectivity index (χ0n) is 14.0. The summed E-state index contributed by atoms with van der Waals surface area (Å²) in [6.07, 6.45) is 2.12. The molecule has 0 aliphatic heterocycles. The summed E-state index contributed by atoms with van der Waals surface area (Å²) < 4.78 is 10.7. The molecule has 0 heterocycles. The Kier molecular flexibility index (Phi) is 21.2. The highest BCUT2D eigenvalue weighted by Crippen LogP contribution is 2.21. The molecule has 0 atom stereocenters. The summed E-state index contributed by atoms with van der Waals surface area (Å²) in [7, 11) is 0. The molecular formula is C17H23F5O3S. The van der Waals surface area contributed by atoms with Crippen molar-refractivity contribution >= 4 is 18.0 Å². The van der Waals surface area contributed by atoms with Gasteiger partial charge in [0, 0.05) is 4.90 Å². The van der Waals surface area contributed by atoms with Crippen LogP contribution in [0.4, 0.5) is 23.5 Å². The third-order valence-corrected chi connectivity index (χ3v) is 3.51. The lowest BCUT2D eigenvalue weighted by Crippen LogP contribution is -2.01. The molecule has 0 saturated heterocycles. The Morgan fingerprint density at radius 2 is 1.46 bits per heavy atom. The molecule has 0 bridgehead atoms. The maximum atomic E-state index is 11.9. The van der Waals surface area contributed by atoms with Crippen LogP contribution in [-0.4, -0.2) is 12.6 Å². The van der Waals surface area contributed by atoms with Crippen LogP contribution in [-0.2, 0) is 4.18 Å². The second kappa shape index (κ2) is 17.5. The van der Waals surface area contributed by atoms with Crippen LogP contribution in [0.25, 0.3) is 0 Å². The first-order valence-electron chi connectivity index (χ1n) is 6.96. The van der Waals surface area contributed by atoms with E-state index in [1.54, 1.807) is 24.3 Å². The minimum atomic E-state index is -0.357. The Hall–Kier alpha value is -2.29. The first-order chi connectivity index (χ1) is 10.3. The van der Waals surface area contributed by atoms with Crippen LogP contribution < -0.4 is 4.74 Å². The Bertz CT molecular complexity index is 570. The van der Waals surface area contributed by atoms with Crippen LogP contribution in [0.15, 0.2) is 59.5 Å². The van der Waals surface area contributed by atoms with Crippen LogP contribution in [0.5, 0.6) is 5.75 Å². The molecule has 0 spiro atoms. The number of carbonyl (C=O) groups excluding carboxylic acids is 1. The van der Waals surface area contributed by atoms with Crippen molar-refractivity contribution in [2.24, 2.45) is 0 Å². The number of carbonyl (C=O) groups is 1. The maximum absolute atomic E-state index is 11.9. The van der Waals surface area contributed by atoms with Gasteiger partial charge in [-0.3, -0.25) is 23.5 Å². The van der Waals surface area contributed by atoms with E-state index in [4.69, 9.17) is 8.92 Å². The van der Waals surface area contributed by atoms with Crippen molar-refractivity contribution in [2.45, 2.75) is 24.7 Å². The smallest absolute Gasteiger partial charge is 0.350 e. The monoisotopic (exact) mass is 402 g/mol. The summed E-state index contributed by atoms with van der Waals surface area (Å²) in [5, 5.41) is 0. The molecule has 0 unspecified atom stereocenters. The van der Waals surface area contributed by atoms with Gasteiger partial charge in [-0.05, 0) is 42.8 Å². The third kappa shape index (κ3) is 10.5. The van der Waals surface area contributed by atoms with Gasteiger partial charge in [-0.15, -0.1) is 0 Å². The van der Waals surface area contributed by atoms with Crippen molar-refractivity contribution in [3.8, 4) is 5.75 Å². The number of halogens is 5. The predicted molar refractivity (Wildman–Crippen MR) is 97.1 cm³/mol. The molecule has 0 radical (unpaired) electrons. The molecule has 3 nitrogen and oxygen atoms in total. The fraction of sp³-hybridized carbons (Fsp3) is 0.235. The first kappa shape index (κ1) is 31.5. The van der Waals surface area contributed by atoms with Gasteiger partial charge in [-0.25, -0.2) is 4.79 Å². The van der Waals surface area contributed by atoms with Gasteiger partial charge < -0.3 is 8.92 Å². The van der Waals surface area contributed by atoms with Gasteiger partial charge >= 0.3 is 5.97 Å². The van der Waals surface area contributed by atoms with Crippen molar-refractivity contribution in [3.63, 3.8) is 0 Å². The number of ether oxygens (including phenoxy) is 1. The molecular weight excluding hydrogens is 379 g/mol. The molecule has 150 valence electrons. The molecule has 0 amide bonds. The van der Waals surface area contributed by atoms with E-state index in [9.17, 15) is 4.79 Å². The number of unbranched alkanes of at least 4 members (excludes halogenated alkanes) is 1. The number of benzene rings is 2. The molecule has 9 heteroatoms. The largest absolute Gasteiger partial charge is 0.494 e. The van der Waals surface area contributed by atoms with E-state index in [1.165, 1.54) is 0 Å². The first-order valence-corrected chi connectivity index (χ1v) is 7.70. The van der Waals surface area contributed by atoms with Crippen molar-refractivity contribution < 1.29 is 37.2 Å².